The first kappa shape index (κ1) is 6.83. The Balaban J connectivity index is 2.13. The molecular weight excluding hydrogens is 142 g/mol. The maximum atomic E-state index is 10.5. The summed E-state index contributed by atoms with van der Waals surface area (Å²) in [5.41, 5.74) is 1.16. The minimum Gasteiger partial charge on any atom is -0.480 e. The molecule has 2 rings (SSSR count). The Morgan fingerprint density at radius 3 is 3.09 bits per heavy atom. The monoisotopic (exact) mass is 153 g/mol. The third-order valence-corrected chi connectivity index (χ3v) is 2.57. The summed E-state index contributed by atoms with van der Waals surface area (Å²) in [5.74, 6) is -0.247. The summed E-state index contributed by atoms with van der Waals surface area (Å²) < 4.78 is 0. The van der Waals surface area contributed by atoms with Crippen LogP contribution in [0.3, 0.4) is 0 Å². The van der Waals surface area contributed by atoms with Gasteiger partial charge in [0.2, 0.25) is 0 Å². The van der Waals surface area contributed by atoms with Crippen LogP contribution >= 0.6 is 0 Å². The van der Waals surface area contributed by atoms with E-state index in [1.165, 1.54) is 6.42 Å². The van der Waals surface area contributed by atoms with Gasteiger partial charge in [-0.3, -0.25) is 4.99 Å². The molecule has 0 aromatic heterocycles. The highest BCUT2D eigenvalue weighted by Gasteiger charge is 2.34. The van der Waals surface area contributed by atoms with Crippen LogP contribution < -0.4 is 0 Å². The summed E-state index contributed by atoms with van der Waals surface area (Å²) in [7, 11) is 0. The Morgan fingerprint density at radius 2 is 2.45 bits per heavy atom. The Kier molecular flexibility index (Phi) is 1.44. The molecule has 0 aromatic rings. The molecule has 0 radical (unpaired) electrons. The second-order valence-corrected chi connectivity index (χ2v) is 3.30. The molecule has 0 amide bonds. The van der Waals surface area contributed by atoms with Gasteiger partial charge in [-0.1, -0.05) is 0 Å². The van der Waals surface area contributed by atoms with Crippen LogP contribution in [0.1, 0.15) is 25.7 Å². The van der Waals surface area contributed by atoms with E-state index in [9.17, 15) is 4.79 Å². The van der Waals surface area contributed by atoms with Gasteiger partial charge in [0, 0.05) is 5.71 Å². The van der Waals surface area contributed by atoms with E-state index >= 15 is 0 Å². The molecule has 1 aliphatic heterocycles. The average molecular weight is 153 g/mol. The second-order valence-electron chi connectivity index (χ2n) is 3.30. The van der Waals surface area contributed by atoms with Crippen molar-refractivity contribution in [1.82, 2.24) is 0 Å². The zero-order valence-corrected chi connectivity index (χ0v) is 6.29. The fourth-order valence-electron chi connectivity index (χ4n) is 2.00. The number of hydrogen-bond donors (Lipinski definition) is 1. The topological polar surface area (TPSA) is 49.7 Å². The van der Waals surface area contributed by atoms with Crippen molar-refractivity contribution in [2.45, 2.75) is 31.7 Å². The molecule has 1 unspecified atom stereocenters. The normalized spacial score (nSPS) is 35.1. The first-order valence-electron chi connectivity index (χ1n) is 4.07. The van der Waals surface area contributed by atoms with Gasteiger partial charge in [0.05, 0.1) is 0 Å². The van der Waals surface area contributed by atoms with Gasteiger partial charge in [0.25, 0.3) is 0 Å². The van der Waals surface area contributed by atoms with Crippen molar-refractivity contribution in [3.05, 3.63) is 0 Å². The van der Waals surface area contributed by atoms with E-state index in [4.69, 9.17) is 5.11 Å². The van der Waals surface area contributed by atoms with Crippen LogP contribution in [0.4, 0.5) is 0 Å². The molecule has 1 heterocycles. The third kappa shape index (κ3) is 1.04. The zero-order chi connectivity index (χ0) is 7.84. The van der Waals surface area contributed by atoms with Gasteiger partial charge in [0.1, 0.15) is 6.04 Å². The lowest BCUT2D eigenvalue weighted by atomic mass is 10.0. The lowest BCUT2D eigenvalue weighted by Gasteiger charge is -2.01. The Labute approximate surface area is 65.1 Å². The first-order chi connectivity index (χ1) is 5.27. The van der Waals surface area contributed by atoms with Crippen LogP contribution in [-0.2, 0) is 4.79 Å². The van der Waals surface area contributed by atoms with Crippen LogP contribution in [0, 0.1) is 5.92 Å². The lowest BCUT2D eigenvalue weighted by Crippen LogP contribution is -2.15. The van der Waals surface area contributed by atoms with Crippen LogP contribution in [0.2, 0.25) is 0 Å². The molecule has 0 bridgehead atoms. The summed E-state index contributed by atoms with van der Waals surface area (Å²) in [6, 6.07) is -0.421. The predicted octanol–water partition coefficient (Wildman–Crippen LogP) is 1.08. The summed E-state index contributed by atoms with van der Waals surface area (Å²) in [6.45, 7) is 0. The van der Waals surface area contributed by atoms with E-state index in [0.717, 1.165) is 25.0 Å². The van der Waals surface area contributed by atoms with E-state index in [-0.39, 0.29) is 0 Å². The van der Waals surface area contributed by atoms with Gasteiger partial charge in [-0.25, -0.2) is 4.79 Å². The Bertz CT molecular complexity index is 222. The summed E-state index contributed by atoms with van der Waals surface area (Å²) in [6.07, 6.45) is 4.15. The van der Waals surface area contributed by atoms with Gasteiger partial charge in [-0.2, -0.15) is 0 Å². The molecule has 2 atom stereocenters. The number of rotatable bonds is 1. The minimum absolute atomic E-state index is 0.421. The molecule has 0 spiro atoms. The highest BCUT2D eigenvalue weighted by molar-refractivity contribution is 5.93. The van der Waals surface area contributed by atoms with Gasteiger partial charge in [-0.05, 0) is 31.6 Å². The lowest BCUT2D eigenvalue weighted by molar-refractivity contribution is -0.138. The number of carbonyl (C=O) groups is 1. The van der Waals surface area contributed by atoms with Crippen LogP contribution in [-0.4, -0.2) is 22.8 Å². The maximum Gasteiger partial charge on any atom is 0.328 e. The van der Waals surface area contributed by atoms with Crippen molar-refractivity contribution < 1.29 is 9.90 Å². The highest BCUT2D eigenvalue weighted by atomic mass is 16.4. The standard InChI is InChI=1S/C8H11NO2/c10-8(11)7-4-5-2-1-3-6(5)9-7/h5,7H,1-4H2,(H,10,11)/t5?,7-/m0/s1. The summed E-state index contributed by atoms with van der Waals surface area (Å²) in [5, 5.41) is 8.66. The molecule has 1 fully saturated rings. The number of carboxylic acid groups (broad SMARTS) is 1. The largest absolute Gasteiger partial charge is 0.480 e. The molecule has 1 aliphatic carbocycles. The zero-order valence-electron chi connectivity index (χ0n) is 6.29. The molecule has 2 aliphatic rings. The molecular formula is C8H11NO2. The molecule has 60 valence electrons. The molecule has 0 saturated heterocycles. The van der Waals surface area contributed by atoms with Crippen molar-refractivity contribution in [2.75, 3.05) is 0 Å². The van der Waals surface area contributed by atoms with Crippen molar-refractivity contribution in [3.8, 4) is 0 Å². The van der Waals surface area contributed by atoms with Crippen molar-refractivity contribution in [1.29, 1.82) is 0 Å². The van der Waals surface area contributed by atoms with Gasteiger partial charge in [0.15, 0.2) is 0 Å². The van der Waals surface area contributed by atoms with E-state index in [1.807, 2.05) is 0 Å². The number of aliphatic imine (C=N–C) groups is 1. The Hall–Kier alpha value is -0.860. The number of aliphatic carboxylic acids is 1. The highest BCUT2D eigenvalue weighted by Crippen LogP contribution is 2.33. The second kappa shape index (κ2) is 2.32. The van der Waals surface area contributed by atoms with Gasteiger partial charge >= 0.3 is 5.97 Å². The number of nitrogens with zero attached hydrogens (tertiary/aromatic N) is 1. The van der Waals surface area contributed by atoms with Crippen LogP contribution in [0.15, 0.2) is 4.99 Å². The van der Waals surface area contributed by atoms with Crippen molar-refractivity contribution in [2.24, 2.45) is 10.9 Å². The predicted molar refractivity (Wildman–Crippen MR) is 40.8 cm³/mol. The summed E-state index contributed by atoms with van der Waals surface area (Å²) >= 11 is 0. The van der Waals surface area contributed by atoms with Crippen LogP contribution in [0.25, 0.3) is 0 Å². The maximum absolute atomic E-state index is 10.5. The fraction of sp³-hybridized carbons (Fsp3) is 0.750. The molecule has 0 aromatic carbocycles. The average Bonchev–Trinajstić information content (AvgIpc) is 2.40. The number of hydrogen-bond acceptors (Lipinski definition) is 2. The van der Waals surface area contributed by atoms with Crippen molar-refractivity contribution >= 4 is 11.7 Å². The SMILES string of the molecule is O=C(O)[C@@H]1CC2CCCC2=N1. The smallest absolute Gasteiger partial charge is 0.328 e. The quantitative estimate of drug-likeness (QED) is 0.612. The minimum atomic E-state index is -0.757. The third-order valence-electron chi connectivity index (χ3n) is 2.57. The first-order valence-corrected chi connectivity index (χ1v) is 4.07. The molecule has 11 heavy (non-hydrogen) atoms. The summed E-state index contributed by atoms with van der Waals surface area (Å²) in [4.78, 5) is 14.7. The van der Waals surface area contributed by atoms with Gasteiger partial charge < -0.3 is 5.11 Å². The molecule has 1 saturated carbocycles. The van der Waals surface area contributed by atoms with E-state index in [2.05, 4.69) is 4.99 Å². The fourth-order valence-corrected chi connectivity index (χ4v) is 2.00. The van der Waals surface area contributed by atoms with Gasteiger partial charge in [-0.15, -0.1) is 0 Å². The number of fused-ring (bicyclic) bond motifs is 1. The van der Waals surface area contributed by atoms with Crippen LogP contribution in [0.5, 0.6) is 0 Å². The number of carboxylic acids is 1. The molecule has 3 heteroatoms. The molecule has 1 N–H and O–H groups in total. The van der Waals surface area contributed by atoms with E-state index in [1.54, 1.807) is 0 Å². The van der Waals surface area contributed by atoms with E-state index in [0.29, 0.717) is 5.92 Å². The van der Waals surface area contributed by atoms with E-state index < -0.39 is 12.0 Å². The Morgan fingerprint density at radius 1 is 1.64 bits per heavy atom. The van der Waals surface area contributed by atoms with Crippen molar-refractivity contribution in [3.63, 3.8) is 0 Å². The molecule has 3 nitrogen and oxygen atoms in total.